The van der Waals surface area contributed by atoms with Gasteiger partial charge in [-0.2, -0.15) is 0 Å². The highest BCUT2D eigenvalue weighted by Crippen LogP contribution is 2.39. The van der Waals surface area contributed by atoms with Crippen LogP contribution in [0.2, 0.25) is 0 Å². The van der Waals surface area contributed by atoms with Crippen molar-refractivity contribution in [2.75, 3.05) is 0 Å². The second-order valence-corrected chi connectivity index (χ2v) is 7.28. The van der Waals surface area contributed by atoms with Gasteiger partial charge in [-0.25, -0.2) is 0 Å². The molecule has 0 aliphatic carbocycles. The van der Waals surface area contributed by atoms with E-state index in [0.29, 0.717) is 5.41 Å². The largest absolute Gasteiger partial charge is 0.0654 e. The van der Waals surface area contributed by atoms with Crippen LogP contribution in [-0.4, -0.2) is 0 Å². The molecular weight excluding hydrogens is 276 g/mol. The van der Waals surface area contributed by atoms with Gasteiger partial charge in [0.1, 0.15) is 0 Å². The molecule has 0 heterocycles. The normalized spacial score (nSPS) is 11.8. The summed E-state index contributed by atoms with van der Waals surface area (Å²) in [7, 11) is 0. The Hall–Kier alpha value is -0.780. The van der Waals surface area contributed by atoms with Crippen molar-refractivity contribution in [2.45, 2.75) is 110 Å². The third-order valence-electron chi connectivity index (χ3n) is 5.25. The van der Waals surface area contributed by atoms with Crippen LogP contribution >= 0.6 is 0 Å². The number of rotatable bonds is 14. The van der Waals surface area contributed by atoms with Crippen molar-refractivity contribution in [1.29, 1.82) is 0 Å². The van der Waals surface area contributed by atoms with Gasteiger partial charge in [-0.1, -0.05) is 109 Å². The molecule has 1 aromatic carbocycles. The molecule has 0 aromatic heterocycles. The van der Waals surface area contributed by atoms with E-state index in [1.807, 2.05) is 0 Å². The predicted octanol–water partition coefficient (Wildman–Crippen LogP) is 7.86. The molecule has 23 heavy (non-hydrogen) atoms. The van der Waals surface area contributed by atoms with E-state index in [2.05, 4.69) is 51.1 Å². The summed E-state index contributed by atoms with van der Waals surface area (Å²) in [5.74, 6) is 0. The monoisotopic (exact) mass is 315 g/mol. The molecule has 0 heteroatoms. The molecule has 131 valence electrons. The third kappa shape index (κ3) is 7.55. The van der Waals surface area contributed by atoms with Crippen molar-refractivity contribution in [2.24, 2.45) is 0 Å². The number of hydrogen-bond acceptors (Lipinski definition) is 0. The summed E-state index contributed by atoms with van der Waals surface area (Å²) in [5, 5.41) is 0. The van der Waals surface area contributed by atoms with Crippen LogP contribution in [0.25, 0.3) is 0 Å². The molecule has 0 saturated heterocycles. The first-order chi connectivity index (χ1) is 11.3. The zero-order chi connectivity index (χ0) is 16.8. The molecule has 0 fully saturated rings. The maximum atomic E-state index is 3.55. The summed E-state index contributed by atoms with van der Waals surface area (Å²) in [4.78, 5) is 0. The molecule has 0 unspecified atom stereocenters. The molecule has 0 amide bonds. The van der Waals surface area contributed by atoms with Crippen molar-refractivity contribution in [1.82, 2.24) is 0 Å². The quantitative estimate of drug-likeness (QED) is 0.306. The highest BCUT2D eigenvalue weighted by molar-refractivity contribution is 5.24. The maximum absolute atomic E-state index is 3.55. The van der Waals surface area contributed by atoms with Gasteiger partial charge in [-0.15, -0.1) is 0 Å². The van der Waals surface area contributed by atoms with Crippen LogP contribution in [0.5, 0.6) is 0 Å². The summed E-state index contributed by atoms with van der Waals surface area (Å²) in [6.45, 7) is 6.96. The molecule has 0 aliphatic rings. The van der Waals surface area contributed by atoms with Crippen LogP contribution < -0.4 is 0 Å². The molecule has 0 spiro atoms. The highest BCUT2D eigenvalue weighted by Gasteiger charge is 2.29. The van der Waals surface area contributed by atoms with Crippen molar-refractivity contribution in [3.8, 4) is 0 Å². The lowest BCUT2D eigenvalue weighted by Crippen LogP contribution is -2.26. The lowest BCUT2D eigenvalue weighted by Gasteiger charge is -2.34. The molecule has 1 radical (unpaired) electrons. The average molecular weight is 316 g/mol. The van der Waals surface area contributed by atoms with Crippen LogP contribution in [0.1, 0.15) is 110 Å². The van der Waals surface area contributed by atoms with Gasteiger partial charge in [0.2, 0.25) is 0 Å². The summed E-state index contributed by atoms with van der Waals surface area (Å²) in [6, 6.07) is 12.3. The first-order valence-electron chi connectivity index (χ1n) is 10.3. The summed E-state index contributed by atoms with van der Waals surface area (Å²) >= 11 is 0. The van der Waals surface area contributed by atoms with Gasteiger partial charge in [0.05, 0.1) is 0 Å². The fourth-order valence-electron chi connectivity index (χ4n) is 4.06. The first-order valence-corrected chi connectivity index (χ1v) is 10.3. The lowest BCUT2D eigenvalue weighted by molar-refractivity contribution is 0.316. The van der Waals surface area contributed by atoms with Crippen LogP contribution in [0.15, 0.2) is 24.3 Å². The SMILES string of the molecule is CCCCCCCCCCC(CCC)(CCC)c1[c]cccc1. The minimum Gasteiger partial charge on any atom is -0.0654 e. The van der Waals surface area contributed by atoms with Crippen molar-refractivity contribution in [3.05, 3.63) is 35.9 Å². The van der Waals surface area contributed by atoms with Crippen LogP contribution in [0.4, 0.5) is 0 Å². The number of benzene rings is 1. The number of hydrogen-bond donors (Lipinski definition) is 0. The molecule has 1 rings (SSSR count). The van der Waals surface area contributed by atoms with E-state index in [9.17, 15) is 0 Å². The zero-order valence-electron chi connectivity index (χ0n) is 16.0. The van der Waals surface area contributed by atoms with E-state index < -0.39 is 0 Å². The molecule has 0 N–H and O–H groups in total. The van der Waals surface area contributed by atoms with Gasteiger partial charge in [0, 0.05) is 0 Å². The minimum absolute atomic E-state index is 0.382. The van der Waals surface area contributed by atoms with Gasteiger partial charge >= 0.3 is 0 Å². The zero-order valence-corrected chi connectivity index (χ0v) is 16.0. The Kier molecular flexibility index (Phi) is 11.1. The Bertz CT molecular complexity index is 359. The standard InChI is InChI=1S/C23H39/c1-4-7-8-9-10-11-12-16-21-23(19-5-2,20-6-3)22-17-14-13-15-18-22/h13-15,17H,4-12,16,19-21H2,1-3H3. The van der Waals surface area contributed by atoms with E-state index in [-0.39, 0.29) is 0 Å². The van der Waals surface area contributed by atoms with E-state index in [1.165, 1.54) is 89.0 Å². The molecule has 1 aromatic rings. The molecular formula is C23H39. The Balaban J connectivity index is 2.47. The van der Waals surface area contributed by atoms with Gasteiger partial charge in [-0.05, 0) is 36.3 Å². The van der Waals surface area contributed by atoms with Crippen molar-refractivity contribution < 1.29 is 0 Å². The van der Waals surface area contributed by atoms with Gasteiger partial charge in [-0.3, -0.25) is 0 Å². The van der Waals surface area contributed by atoms with Crippen LogP contribution in [-0.2, 0) is 5.41 Å². The van der Waals surface area contributed by atoms with Gasteiger partial charge < -0.3 is 0 Å². The smallest absolute Gasteiger partial charge is 0.00410 e. The summed E-state index contributed by atoms with van der Waals surface area (Å²) in [5.41, 5.74) is 1.85. The molecule has 0 bridgehead atoms. The lowest BCUT2D eigenvalue weighted by atomic mass is 9.70. The minimum atomic E-state index is 0.382. The molecule has 0 saturated carbocycles. The van der Waals surface area contributed by atoms with Gasteiger partial charge in [0.15, 0.2) is 0 Å². The van der Waals surface area contributed by atoms with E-state index in [0.717, 1.165) is 0 Å². The van der Waals surface area contributed by atoms with E-state index in [4.69, 9.17) is 0 Å². The predicted molar refractivity (Wildman–Crippen MR) is 104 cm³/mol. The fourth-order valence-corrected chi connectivity index (χ4v) is 4.06. The molecule has 0 aliphatic heterocycles. The van der Waals surface area contributed by atoms with Crippen LogP contribution in [0, 0.1) is 6.07 Å². The fraction of sp³-hybridized carbons (Fsp3) is 0.739. The summed E-state index contributed by atoms with van der Waals surface area (Å²) in [6.07, 6.45) is 17.8. The van der Waals surface area contributed by atoms with Gasteiger partial charge in [0.25, 0.3) is 0 Å². The van der Waals surface area contributed by atoms with E-state index >= 15 is 0 Å². The third-order valence-corrected chi connectivity index (χ3v) is 5.25. The second kappa shape index (κ2) is 12.6. The van der Waals surface area contributed by atoms with E-state index in [1.54, 1.807) is 0 Å². The molecule has 0 nitrogen and oxygen atoms in total. The summed E-state index contributed by atoms with van der Waals surface area (Å²) < 4.78 is 0. The number of unbranched alkanes of at least 4 members (excludes halogenated alkanes) is 7. The Morgan fingerprint density at radius 2 is 1.30 bits per heavy atom. The Morgan fingerprint density at radius 1 is 0.696 bits per heavy atom. The topological polar surface area (TPSA) is 0 Å². The van der Waals surface area contributed by atoms with Crippen molar-refractivity contribution >= 4 is 0 Å². The Labute approximate surface area is 146 Å². The second-order valence-electron chi connectivity index (χ2n) is 7.28. The average Bonchev–Trinajstić information content (AvgIpc) is 2.58. The Morgan fingerprint density at radius 3 is 1.83 bits per heavy atom. The first kappa shape index (κ1) is 20.3. The highest BCUT2D eigenvalue weighted by atomic mass is 14.3. The van der Waals surface area contributed by atoms with Crippen LogP contribution in [0.3, 0.4) is 0 Å². The van der Waals surface area contributed by atoms with Crippen molar-refractivity contribution in [3.63, 3.8) is 0 Å². The maximum Gasteiger partial charge on any atom is -0.00410 e. The molecule has 0 atom stereocenters.